The van der Waals surface area contributed by atoms with Gasteiger partial charge in [0.05, 0.1) is 17.7 Å². The molecule has 7 nitrogen and oxygen atoms in total. The zero-order valence-corrected chi connectivity index (χ0v) is 11.6. The van der Waals surface area contributed by atoms with E-state index in [2.05, 4.69) is 14.9 Å². The number of aliphatic hydroxyl groups excluding tert-OH is 1. The largest absolute Gasteiger partial charge is 0.390 e. The molecule has 0 bridgehead atoms. The van der Waals surface area contributed by atoms with Crippen molar-refractivity contribution in [3.63, 3.8) is 0 Å². The lowest BCUT2D eigenvalue weighted by Crippen LogP contribution is -2.22. The molecule has 1 fully saturated rings. The molecule has 0 atom stereocenters. The summed E-state index contributed by atoms with van der Waals surface area (Å²) in [6.45, 7) is 0.0235. The molecule has 1 aliphatic rings. The number of nitrogens with one attached hydrogen (secondary N) is 2. The van der Waals surface area contributed by atoms with Gasteiger partial charge in [-0.25, -0.2) is 13.1 Å². The minimum absolute atomic E-state index is 0.159. The zero-order chi connectivity index (χ0) is 14.2. The van der Waals surface area contributed by atoms with Crippen LogP contribution < -0.4 is 4.72 Å². The van der Waals surface area contributed by atoms with Crippen LogP contribution in [-0.4, -0.2) is 28.3 Å². The van der Waals surface area contributed by atoms with Gasteiger partial charge in [-0.1, -0.05) is 0 Å². The number of sulfonamides is 1. The minimum Gasteiger partial charge on any atom is -0.390 e. The molecule has 3 rings (SSSR count). The average molecular weight is 296 g/mol. The molecule has 20 heavy (non-hydrogen) atoms. The summed E-state index contributed by atoms with van der Waals surface area (Å²) in [4.78, 5) is 0.192. The Labute approximate surface area is 116 Å². The maximum Gasteiger partial charge on any atom is 0.242 e. The summed E-state index contributed by atoms with van der Waals surface area (Å²) < 4.78 is 28.8. The van der Waals surface area contributed by atoms with Crippen LogP contribution in [0.15, 0.2) is 29.6 Å². The van der Waals surface area contributed by atoms with Crippen LogP contribution in [-0.2, 0) is 23.2 Å². The summed E-state index contributed by atoms with van der Waals surface area (Å²) in [6, 6.07) is 1.85. The predicted molar refractivity (Wildman–Crippen MR) is 71.2 cm³/mol. The van der Waals surface area contributed by atoms with E-state index in [1.54, 1.807) is 18.6 Å². The van der Waals surface area contributed by atoms with E-state index < -0.39 is 10.0 Å². The number of nitrogens with zero attached hydrogens (tertiary/aromatic N) is 2. The molecule has 1 aliphatic carbocycles. The molecular formula is C12H16N4O3S. The van der Waals surface area contributed by atoms with E-state index >= 15 is 0 Å². The molecule has 1 saturated carbocycles. The monoisotopic (exact) mass is 296 g/mol. The Bertz CT molecular complexity index is 686. The molecule has 8 heteroatoms. The quantitative estimate of drug-likeness (QED) is 0.723. The second-order valence-electron chi connectivity index (χ2n) is 4.89. The topological polar surface area (TPSA) is 100 Å². The van der Waals surface area contributed by atoms with Gasteiger partial charge >= 0.3 is 0 Å². The van der Waals surface area contributed by atoms with Crippen LogP contribution in [0.3, 0.4) is 0 Å². The second-order valence-corrected chi connectivity index (χ2v) is 6.66. The Morgan fingerprint density at radius 2 is 2.30 bits per heavy atom. The predicted octanol–water partition coefficient (Wildman–Crippen LogP) is 0.517. The third-order valence-electron chi connectivity index (χ3n) is 3.34. The van der Waals surface area contributed by atoms with Gasteiger partial charge in [0, 0.05) is 36.2 Å². The number of aliphatic hydroxyl groups is 1. The summed E-state index contributed by atoms with van der Waals surface area (Å²) in [5.74, 6) is 0. The standard InChI is InChI=1S/C12H16N4O3S/c17-8-11-3-12(7-16(11)10-1-2-10)20(18,19)15-6-9-4-13-14-5-9/h3-5,7,10,15,17H,1-2,6,8H2,(H,13,14). The van der Waals surface area contributed by atoms with Gasteiger partial charge in [-0.3, -0.25) is 5.10 Å². The maximum atomic E-state index is 12.2. The highest BCUT2D eigenvalue weighted by Gasteiger charge is 2.27. The van der Waals surface area contributed by atoms with Gasteiger partial charge in [-0.2, -0.15) is 5.10 Å². The lowest BCUT2D eigenvalue weighted by molar-refractivity contribution is 0.270. The van der Waals surface area contributed by atoms with E-state index in [0.29, 0.717) is 11.7 Å². The molecule has 0 amide bonds. The smallest absolute Gasteiger partial charge is 0.242 e. The van der Waals surface area contributed by atoms with Crippen LogP contribution in [0.25, 0.3) is 0 Å². The number of aromatic amines is 1. The van der Waals surface area contributed by atoms with E-state index in [-0.39, 0.29) is 18.0 Å². The summed E-state index contributed by atoms with van der Waals surface area (Å²) in [5, 5.41) is 15.7. The second kappa shape index (κ2) is 5.04. The Balaban J connectivity index is 1.79. The lowest BCUT2D eigenvalue weighted by Gasteiger charge is -2.04. The van der Waals surface area contributed by atoms with E-state index in [9.17, 15) is 13.5 Å². The zero-order valence-electron chi connectivity index (χ0n) is 10.8. The van der Waals surface area contributed by atoms with E-state index in [0.717, 1.165) is 18.4 Å². The van der Waals surface area contributed by atoms with Gasteiger partial charge in [0.25, 0.3) is 0 Å². The van der Waals surface area contributed by atoms with Crippen molar-refractivity contribution in [1.82, 2.24) is 19.5 Å². The van der Waals surface area contributed by atoms with Crippen LogP contribution in [0.5, 0.6) is 0 Å². The van der Waals surface area contributed by atoms with Crippen LogP contribution in [0.2, 0.25) is 0 Å². The van der Waals surface area contributed by atoms with E-state index in [1.165, 1.54) is 6.07 Å². The third-order valence-corrected chi connectivity index (χ3v) is 4.71. The van der Waals surface area contributed by atoms with Crippen molar-refractivity contribution in [2.75, 3.05) is 0 Å². The van der Waals surface area contributed by atoms with Gasteiger partial charge in [-0.15, -0.1) is 0 Å². The number of aromatic nitrogens is 3. The highest BCUT2D eigenvalue weighted by Crippen LogP contribution is 2.37. The maximum absolute atomic E-state index is 12.2. The number of hydrogen-bond donors (Lipinski definition) is 3. The summed E-state index contributed by atoms with van der Waals surface area (Å²) >= 11 is 0. The average Bonchev–Trinajstić information content (AvgIpc) is 2.98. The lowest BCUT2D eigenvalue weighted by atomic mass is 10.4. The van der Waals surface area contributed by atoms with Crippen LogP contribution in [0.4, 0.5) is 0 Å². The highest BCUT2D eigenvalue weighted by molar-refractivity contribution is 7.89. The van der Waals surface area contributed by atoms with Crippen molar-refractivity contribution in [2.45, 2.75) is 36.9 Å². The Hall–Kier alpha value is -1.64. The summed E-state index contributed by atoms with van der Waals surface area (Å²) in [5.41, 5.74) is 1.40. The molecule has 0 aromatic carbocycles. The summed E-state index contributed by atoms with van der Waals surface area (Å²) in [7, 11) is -3.58. The number of rotatable bonds is 6. The van der Waals surface area contributed by atoms with Crippen molar-refractivity contribution >= 4 is 10.0 Å². The minimum atomic E-state index is -3.58. The van der Waals surface area contributed by atoms with E-state index in [1.807, 2.05) is 4.57 Å². The fourth-order valence-electron chi connectivity index (χ4n) is 2.10. The first-order chi connectivity index (χ1) is 9.60. The van der Waals surface area contributed by atoms with Crippen molar-refractivity contribution in [1.29, 1.82) is 0 Å². The molecule has 108 valence electrons. The number of H-pyrrole nitrogens is 1. The van der Waals surface area contributed by atoms with Crippen molar-refractivity contribution < 1.29 is 13.5 Å². The SMILES string of the molecule is O=S(=O)(NCc1cn[nH]c1)c1cc(CO)n(C2CC2)c1. The molecule has 0 unspecified atom stereocenters. The van der Waals surface area contributed by atoms with Gasteiger partial charge in [0.2, 0.25) is 10.0 Å². The molecule has 2 aromatic rings. The first-order valence-corrected chi connectivity index (χ1v) is 7.87. The molecule has 2 aromatic heterocycles. The van der Waals surface area contributed by atoms with Gasteiger partial charge < -0.3 is 9.67 Å². The fraction of sp³-hybridized carbons (Fsp3) is 0.417. The summed E-state index contributed by atoms with van der Waals surface area (Å²) in [6.07, 6.45) is 6.86. The van der Waals surface area contributed by atoms with Crippen molar-refractivity contribution in [3.05, 3.63) is 35.9 Å². The third kappa shape index (κ3) is 2.62. The molecule has 2 heterocycles. The van der Waals surface area contributed by atoms with E-state index in [4.69, 9.17) is 0 Å². The number of hydrogen-bond acceptors (Lipinski definition) is 4. The van der Waals surface area contributed by atoms with Crippen LogP contribution in [0.1, 0.15) is 30.1 Å². The first kappa shape index (κ1) is 13.3. The van der Waals surface area contributed by atoms with Gasteiger partial charge in [0.1, 0.15) is 0 Å². The Morgan fingerprint density at radius 1 is 1.50 bits per heavy atom. The molecular weight excluding hydrogens is 280 g/mol. The molecule has 0 aliphatic heterocycles. The van der Waals surface area contributed by atoms with Crippen LogP contribution in [0, 0.1) is 0 Å². The fourth-order valence-corrected chi connectivity index (χ4v) is 3.17. The molecule has 0 saturated heterocycles. The Kier molecular flexibility index (Phi) is 3.36. The normalized spacial score (nSPS) is 15.7. The van der Waals surface area contributed by atoms with Gasteiger partial charge in [-0.05, 0) is 18.9 Å². The molecule has 0 radical (unpaired) electrons. The molecule has 0 spiro atoms. The van der Waals surface area contributed by atoms with Crippen LogP contribution >= 0.6 is 0 Å². The Morgan fingerprint density at radius 3 is 2.90 bits per heavy atom. The van der Waals surface area contributed by atoms with Gasteiger partial charge in [0.15, 0.2) is 0 Å². The molecule has 3 N–H and O–H groups in total. The highest BCUT2D eigenvalue weighted by atomic mass is 32.2. The van der Waals surface area contributed by atoms with Crippen molar-refractivity contribution in [2.24, 2.45) is 0 Å². The first-order valence-electron chi connectivity index (χ1n) is 6.39. The van der Waals surface area contributed by atoms with Crippen molar-refractivity contribution in [3.8, 4) is 0 Å².